The summed E-state index contributed by atoms with van der Waals surface area (Å²) in [5, 5.41) is 3.23. The fourth-order valence-electron chi connectivity index (χ4n) is 2.63. The standard InChI is InChI=1S/C20H18F3N3O2S/c1-26-17(13-3-9-16(28-2)10-4-13)11-24-19(26)29-12-18(27)25-15-7-5-14(6-8-15)20(21,22)23/h3-11H,12H2,1-2H3,(H,25,27). The fraction of sp³-hybridized carbons (Fsp3) is 0.200. The van der Waals surface area contributed by atoms with Crippen LogP contribution in [0.3, 0.4) is 0 Å². The molecule has 0 radical (unpaired) electrons. The number of ether oxygens (including phenoxy) is 1. The lowest BCUT2D eigenvalue weighted by Crippen LogP contribution is -2.14. The van der Waals surface area contributed by atoms with E-state index in [-0.39, 0.29) is 11.7 Å². The van der Waals surface area contributed by atoms with Crippen molar-refractivity contribution in [3.63, 3.8) is 0 Å². The van der Waals surface area contributed by atoms with Crippen molar-refractivity contribution in [2.24, 2.45) is 7.05 Å². The van der Waals surface area contributed by atoms with E-state index in [0.717, 1.165) is 29.1 Å². The van der Waals surface area contributed by atoms with Gasteiger partial charge in [-0.15, -0.1) is 0 Å². The number of aromatic nitrogens is 2. The van der Waals surface area contributed by atoms with Crippen LogP contribution in [0.1, 0.15) is 5.56 Å². The number of rotatable bonds is 6. The minimum absolute atomic E-state index is 0.0773. The van der Waals surface area contributed by atoms with Gasteiger partial charge >= 0.3 is 6.18 Å². The lowest BCUT2D eigenvalue weighted by atomic mass is 10.1. The van der Waals surface area contributed by atoms with E-state index in [4.69, 9.17) is 4.74 Å². The molecule has 0 saturated heterocycles. The molecular weight excluding hydrogens is 403 g/mol. The third kappa shape index (κ3) is 5.11. The largest absolute Gasteiger partial charge is 0.497 e. The Labute approximate surface area is 169 Å². The second-order valence-corrected chi connectivity index (χ2v) is 7.07. The van der Waals surface area contributed by atoms with Crippen LogP contribution < -0.4 is 10.1 Å². The van der Waals surface area contributed by atoms with Gasteiger partial charge in [0.1, 0.15) is 5.75 Å². The molecule has 1 N–H and O–H groups in total. The number of anilines is 1. The number of benzene rings is 2. The first-order valence-corrected chi connectivity index (χ1v) is 9.52. The number of nitrogens with one attached hydrogen (secondary N) is 1. The summed E-state index contributed by atoms with van der Waals surface area (Å²) in [4.78, 5) is 16.5. The number of hydrogen-bond acceptors (Lipinski definition) is 4. The Balaban J connectivity index is 1.60. The number of imidazole rings is 1. The summed E-state index contributed by atoms with van der Waals surface area (Å²) < 4.78 is 44.8. The number of nitrogens with zero attached hydrogens (tertiary/aromatic N) is 2. The number of halogens is 3. The van der Waals surface area contributed by atoms with Gasteiger partial charge in [-0.1, -0.05) is 11.8 Å². The zero-order valence-corrected chi connectivity index (χ0v) is 16.5. The lowest BCUT2D eigenvalue weighted by Gasteiger charge is -2.09. The molecule has 0 aliphatic rings. The van der Waals surface area contributed by atoms with Gasteiger partial charge in [-0.3, -0.25) is 4.79 Å². The highest BCUT2D eigenvalue weighted by Gasteiger charge is 2.30. The average molecular weight is 421 g/mol. The normalized spacial score (nSPS) is 11.3. The van der Waals surface area contributed by atoms with E-state index >= 15 is 0 Å². The van der Waals surface area contributed by atoms with Gasteiger partial charge in [0, 0.05) is 18.3 Å². The first-order chi connectivity index (χ1) is 13.8. The summed E-state index contributed by atoms with van der Waals surface area (Å²) in [5.41, 5.74) is 1.39. The second kappa shape index (κ2) is 8.60. The highest BCUT2D eigenvalue weighted by atomic mass is 32.2. The molecule has 0 aliphatic carbocycles. The first-order valence-electron chi connectivity index (χ1n) is 8.54. The Morgan fingerprint density at radius 3 is 2.38 bits per heavy atom. The highest BCUT2D eigenvalue weighted by Crippen LogP contribution is 2.30. The van der Waals surface area contributed by atoms with Crippen molar-refractivity contribution in [2.45, 2.75) is 11.3 Å². The second-order valence-electron chi connectivity index (χ2n) is 6.13. The van der Waals surface area contributed by atoms with Crippen molar-refractivity contribution in [1.29, 1.82) is 0 Å². The highest BCUT2D eigenvalue weighted by molar-refractivity contribution is 7.99. The van der Waals surface area contributed by atoms with Gasteiger partial charge in [0.05, 0.1) is 30.3 Å². The smallest absolute Gasteiger partial charge is 0.416 e. The van der Waals surface area contributed by atoms with E-state index in [0.29, 0.717) is 10.8 Å². The maximum atomic E-state index is 12.6. The maximum absolute atomic E-state index is 12.6. The zero-order chi connectivity index (χ0) is 21.0. The van der Waals surface area contributed by atoms with Crippen LogP contribution in [0, 0.1) is 0 Å². The van der Waals surface area contributed by atoms with E-state index in [9.17, 15) is 18.0 Å². The number of carbonyl (C=O) groups excluding carboxylic acids is 1. The number of thioether (sulfide) groups is 1. The Hall–Kier alpha value is -2.94. The van der Waals surface area contributed by atoms with Crippen molar-refractivity contribution >= 4 is 23.4 Å². The molecule has 1 aromatic heterocycles. The molecule has 0 atom stereocenters. The Morgan fingerprint density at radius 2 is 1.79 bits per heavy atom. The molecule has 0 fully saturated rings. The molecule has 5 nitrogen and oxygen atoms in total. The number of carbonyl (C=O) groups is 1. The van der Waals surface area contributed by atoms with Crippen LogP contribution in [0.2, 0.25) is 0 Å². The summed E-state index contributed by atoms with van der Waals surface area (Å²) >= 11 is 1.24. The molecule has 0 bridgehead atoms. The van der Waals surface area contributed by atoms with Crippen molar-refractivity contribution in [1.82, 2.24) is 9.55 Å². The van der Waals surface area contributed by atoms with Gasteiger partial charge in [-0.2, -0.15) is 13.2 Å². The molecule has 0 unspecified atom stereocenters. The van der Waals surface area contributed by atoms with E-state index in [2.05, 4.69) is 10.3 Å². The van der Waals surface area contributed by atoms with Gasteiger partial charge in [-0.05, 0) is 48.5 Å². The van der Waals surface area contributed by atoms with Gasteiger partial charge in [0.2, 0.25) is 5.91 Å². The van der Waals surface area contributed by atoms with Crippen LogP contribution in [0.4, 0.5) is 18.9 Å². The van der Waals surface area contributed by atoms with Crippen LogP contribution >= 0.6 is 11.8 Å². The molecule has 1 heterocycles. The molecule has 152 valence electrons. The molecule has 9 heteroatoms. The minimum Gasteiger partial charge on any atom is -0.497 e. The molecule has 0 spiro atoms. The average Bonchev–Trinajstić information content (AvgIpc) is 3.06. The number of hydrogen-bond donors (Lipinski definition) is 1. The van der Waals surface area contributed by atoms with E-state index in [1.807, 2.05) is 35.9 Å². The molecule has 0 aliphatic heterocycles. The molecule has 1 amide bonds. The number of alkyl halides is 3. The molecule has 0 saturated carbocycles. The summed E-state index contributed by atoms with van der Waals surface area (Å²) in [6.07, 6.45) is -2.68. The minimum atomic E-state index is -4.40. The Morgan fingerprint density at radius 1 is 1.14 bits per heavy atom. The maximum Gasteiger partial charge on any atom is 0.416 e. The Kier molecular flexibility index (Phi) is 6.17. The van der Waals surface area contributed by atoms with Gasteiger partial charge in [-0.25, -0.2) is 4.98 Å². The zero-order valence-electron chi connectivity index (χ0n) is 15.7. The van der Waals surface area contributed by atoms with Crippen LogP contribution in [0.25, 0.3) is 11.3 Å². The third-order valence-electron chi connectivity index (χ3n) is 4.16. The summed E-state index contributed by atoms with van der Waals surface area (Å²) in [7, 11) is 3.45. The van der Waals surface area contributed by atoms with Gasteiger partial charge in [0.15, 0.2) is 5.16 Å². The quantitative estimate of drug-likeness (QED) is 0.579. The van der Waals surface area contributed by atoms with E-state index in [1.54, 1.807) is 13.3 Å². The predicted octanol–water partition coefficient (Wildman–Crippen LogP) is 4.85. The van der Waals surface area contributed by atoms with Crippen LogP contribution in [-0.4, -0.2) is 28.3 Å². The first kappa shape index (κ1) is 20.8. The lowest BCUT2D eigenvalue weighted by molar-refractivity contribution is -0.137. The van der Waals surface area contributed by atoms with Crippen molar-refractivity contribution in [3.05, 3.63) is 60.3 Å². The summed E-state index contributed by atoms with van der Waals surface area (Å²) in [6.45, 7) is 0. The summed E-state index contributed by atoms with van der Waals surface area (Å²) in [6, 6.07) is 11.9. The Bertz CT molecular complexity index is 984. The van der Waals surface area contributed by atoms with Crippen molar-refractivity contribution < 1.29 is 22.7 Å². The van der Waals surface area contributed by atoms with Crippen molar-refractivity contribution in [3.8, 4) is 17.0 Å². The molecule has 2 aromatic carbocycles. The fourth-order valence-corrected chi connectivity index (χ4v) is 3.38. The van der Waals surface area contributed by atoms with E-state index < -0.39 is 11.7 Å². The monoisotopic (exact) mass is 421 g/mol. The van der Waals surface area contributed by atoms with Crippen molar-refractivity contribution in [2.75, 3.05) is 18.2 Å². The van der Waals surface area contributed by atoms with Crippen LogP contribution in [0.5, 0.6) is 5.75 Å². The van der Waals surface area contributed by atoms with Gasteiger partial charge in [0.25, 0.3) is 0 Å². The SMILES string of the molecule is COc1ccc(-c2cnc(SCC(=O)Nc3ccc(C(F)(F)F)cc3)n2C)cc1. The van der Waals surface area contributed by atoms with E-state index in [1.165, 1.54) is 23.9 Å². The number of amides is 1. The van der Waals surface area contributed by atoms with Crippen LogP contribution in [0.15, 0.2) is 59.9 Å². The van der Waals surface area contributed by atoms with Crippen LogP contribution in [-0.2, 0) is 18.0 Å². The number of methoxy groups -OCH3 is 1. The summed E-state index contributed by atoms with van der Waals surface area (Å²) in [5.74, 6) is 0.503. The topological polar surface area (TPSA) is 56.1 Å². The molecule has 3 aromatic rings. The molecule has 3 rings (SSSR count). The predicted molar refractivity (Wildman–Crippen MR) is 106 cm³/mol. The molecule has 29 heavy (non-hydrogen) atoms. The molecular formula is C20H18F3N3O2S. The van der Waals surface area contributed by atoms with Gasteiger partial charge < -0.3 is 14.6 Å². The third-order valence-corrected chi connectivity index (χ3v) is 5.20.